The lowest BCUT2D eigenvalue weighted by Crippen LogP contribution is -1.91. The quantitative estimate of drug-likeness (QED) is 0.411. The molecule has 0 aromatic carbocycles. The Morgan fingerprint density at radius 3 is 3.00 bits per heavy atom. The van der Waals surface area contributed by atoms with E-state index in [1.54, 1.807) is 0 Å². The van der Waals surface area contributed by atoms with Crippen molar-refractivity contribution in [1.82, 2.24) is 15.0 Å². The summed E-state index contributed by atoms with van der Waals surface area (Å²) in [7, 11) is 0. The van der Waals surface area contributed by atoms with Crippen LogP contribution in [0.3, 0.4) is 0 Å². The zero-order valence-electron chi connectivity index (χ0n) is 6.27. The van der Waals surface area contributed by atoms with Crippen molar-refractivity contribution in [2.45, 2.75) is 0 Å². The maximum atomic E-state index is 10.5. The van der Waals surface area contributed by atoms with Crippen LogP contribution in [0.25, 0.3) is 11.0 Å². The molecule has 0 atom stereocenters. The lowest BCUT2D eigenvalue weighted by atomic mass is 10.4. The van der Waals surface area contributed by atoms with Gasteiger partial charge in [-0.25, -0.2) is 4.98 Å². The van der Waals surface area contributed by atoms with Gasteiger partial charge in [-0.2, -0.15) is 0 Å². The summed E-state index contributed by atoms with van der Waals surface area (Å²) >= 11 is 4.90. The maximum absolute atomic E-state index is 10.5. The molecule has 0 saturated heterocycles. The van der Waals surface area contributed by atoms with Crippen LogP contribution in [0.1, 0.15) is 0 Å². The number of aromatic amines is 2. The van der Waals surface area contributed by atoms with E-state index in [2.05, 4.69) is 15.0 Å². The predicted octanol–water partition coefficient (Wildman–Crippen LogP) is 1.53. The van der Waals surface area contributed by atoms with Gasteiger partial charge < -0.3 is 9.97 Å². The first-order chi connectivity index (χ1) is 6.20. The van der Waals surface area contributed by atoms with Crippen LogP contribution in [0.4, 0.5) is 5.69 Å². The van der Waals surface area contributed by atoms with Gasteiger partial charge in [0.05, 0.1) is 17.4 Å². The summed E-state index contributed by atoms with van der Waals surface area (Å²) in [5.41, 5.74) is 0.697. The van der Waals surface area contributed by atoms with E-state index in [9.17, 15) is 10.1 Å². The van der Waals surface area contributed by atoms with Crippen molar-refractivity contribution >= 4 is 28.9 Å². The van der Waals surface area contributed by atoms with Crippen LogP contribution in [0.15, 0.2) is 12.5 Å². The molecule has 66 valence electrons. The third-order valence-corrected chi connectivity index (χ3v) is 1.97. The third-order valence-electron chi connectivity index (χ3n) is 1.65. The standard InChI is InChI=1S/C6H4N4O2S/c11-10(12)3-1-7-6(13)5-4(3)8-2-9-5/h1-2H,(H,7,13)(H,8,9). The van der Waals surface area contributed by atoms with E-state index in [4.69, 9.17) is 12.2 Å². The van der Waals surface area contributed by atoms with Crippen molar-refractivity contribution in [3.63, 3.8) is 0 Å². The zero-order valence-corrected chi connectivity index (χ0v) is 7.09. The van der Waals surface area contributed by atoms with Gasteiger partial charge in [0, 0.05) is 0 Å². The highest BCUT2D eigenvalue weighted by Crippen LogP contribution is 2.20. The van der Waals surface area contributed by atoms with Crippen LogP contribution in [0, 0.1) is 14.8 Å². The van der Waals surface area contributed by atoms with Gasteiger partial charge in [0.15, 0.2) is 5.52 Å². The van der Waals surface area contributed by atoms with Crippen molar-refractivity contribution in [2.75, 3.05) is 0 Å². The number of fused-ring (bicyclic) bond motifs is 1. The molecule has 0 fully saturated rings. The van der Waals surface area contributed by atoms with Gasteiger partial charge in [-0.15, -0.1) is 0 Å². The second-order valence-electron chi connectivity index (χ2n) is 2.39. The van der Waals surface area contributed by atoms with Crippen molar-refractivity contribution in [2.24, 2.45) is 0 Å². The van der Waals surface area contributed by atoms with Gasteiger partial charge in [0.1, 0.15) is 10.2 Å². The van der Waals surface area contributed by atoms with Crippen LogP contribution >= 0.6 is 12.2 Å². The largest absolute Gasteiger partial charge is 0.345 e. The molecule has 0 amide bonds. The molecule has 2 aromatic heterocycles. The summed E-state index contributed by atoms with van der Waals surface area (Å²) in [6.07, 6.45) is 2.62. The van der Waals surface area contributed by atoms with Crippen molar-refractivity contribution in [3.05, 3.63) is 27.3 Å². The Kier molecular flexibility index (Phi) is 1.59. The Morgan fingerprint density at radius 1 is 1.54 bits per heavy atom. The molecular weight excluding hydrogens is 192 g/mol. The highest BCUT2D eigenvalue weighted by atomic mass is 32.1. The highest BCUT2D eigenvalue weighted by Gasteiger charge is 2.14. The topological polar surface area (TPSA) is 87.6 Å². The second kappa shape index (κ2) is 2.63. The average molecular weight is 196 g/mol. The molecule has 0 saturated carbocycles. The van der Waals surface area contributed by atoms with E-state index in [1.165, 1.54) is 12.5 Å². The molecule has 0 aliphatic heterocycles. The van der Waals surface area contributed by atoms with Crippen LogP contribution in [0.2, 0.25) is 0 Å². The van der Waals surface area contributed by atoms with Crippen molar-refractivity contribution in [3.8, 4) is 0 Å². The number of hydrogen-bond acceptors (Lipinski definition) is 4. The summed E-state index contributed by atoms with van der Waals surface area (Å²) in [5.74, 6) is 0. The predicted molar refractivity (Wildman–Crippen MR) is 47.9 cm³/mol. The van der Waals surface area contributed by atoms with E-state index in [0.717, 1.165) is 0 Å². The van der Waals surface area contributed by atoms with Gasteiger partial charge in [-0.05, 0) is 0 Å². The molecule has 0 unspecified atom stereocenters. The maximum Gasteiger partial charge on any atom is 0.312 e. The Balaban J connectivity index is 2.94. The minimum Gasteiger partial charge on any atom is -0.345 e. The van der Waals surface area contributed by atoms with Crippen LogP contribution in [0.5, 0.6) is 0 Å². The number of hydrogen-bond donors (Lipinski definition) is 2. The fourth-order valence-electron chi connectivity index (χ4n) is 1.08. The van der Waals surface area contributed by atoms with Crippen LogP contribution in [-0.2, 0) is 0 Å². The SMILES string of the molecule is O=[N+]([O-])c1c[nH]c(=S)c2[nH]cnc12. The smallest absolute Gasteiger partial charge is 0.312 e. The number of nitrogens with one attached hydrogen (secondary N) is 2. The molecule has 2 rings (SSSR count). The number of imidazole rings is 1. The van der Waals surface area contributed by atoms with Crippen LogP contribution in [-0.4, -0.2) is 19.9 Å². The summed E-state index contributed by atoms with van der Waals surface area (Å²) in [6.45, 7) is 0. The lowest BCUT2D eigenvalue weighted by Gasteiger charge is -1.91. The van der Waals surface area contributed by atoms with E-state index in [1.807, 2.05) is 0 Å². The van der Waals surface area contributed by atoms with Crippen LogP contribution < -0.4 is 0 Å². The van der Waals surface area contributed by atoms with E-state index >= 15 is 0 Å². The monoisotopic (exact) mass is 196 g/mol. The molecule has 2 N–H and O–H groups in total. The molecular formula is C6H4N4O2S. The lowest BCUT2D eigenvalue weighted by molar-refractivity contribution is -0.383. The summed E-state index contributed by atoms with van der Waals surface area (Å²) in [4.78, 5) is 19.2. The Bertz CT molecular complexity index is 529. The number of aromatic nitrogens is 3. The second-order valence-corrected chi connectivity index (χ2v) is 2.79. The molecule has 6 nitrogen and oxygen atoms in total. The Morgan fingerprint density at radius 2 is 2.31 bits per heavy atom. The Hall–Kier alpha value is -1.76. The molecule has 2 heterocycles. The van der Waals surface area contributed by atoms with Crippen molar-refractivity contribution < 1.29 is 4.92 Å². The first-order valence-electron chi connectivity index (χ1n) is 3.39. The normalized spacial score (nSPS) is 10.5. The molecule has 2 aromatic rings. The van der Waals surface area contributed by atoms with Gasteiger partial charge in [-0.1, -0.05) is 12.2 Å². The number of nitrogens with zero attached hydrogens (tertiary/aromatic N) is 2. The highest BCUT2D eigenvalue weighted by molar-refractivity contribution is 7.71. The minimum absolute atomic E-state index is 0.0788. The minimum atomic E-state index is -0.506. The molecule has 0 aliphatic rings. The number of pyridine rings is 1. The fraction of sp³-hybridized carbons (Fsp3) is 0. The summed E-state index contributed by atoms with van der Waals surface area (Å²) in [6, 6.07) is 0. The number of nitro groups is 1. The summed E-state index contributed by atoms with van der Waals surface area (Å²) < 4.78 is 0.415. The van der Waals surface area contributed by atoms with Crippen molar-refractivity contribution in [1.29, 1.82) is 0 Å². The van der Waals surface area contributed by atoms with E-state index in [0.29, 0.717) is 10.2 Å². The third kappa shape index (κ3) is 1.09. The van der Waals surface area contributed by atoms with E-state index in [-0.39, 0.29) is 11.2 Å². The molecule has 13 heavy (non-hydrogen) atoms. The first-order valence-corrected chi connectivity index (χ1v) is 3.80. The Labute approximate surface area is 76.8 Å². The average Bonchev–Trinajstić information content (AvgIpc) is 2.53. The van der Waals surface area contributed by atoms with Gasteiger partial charge in [-0.3, -0.25) is 10.1 Å². The zero-order chi connectivity index (χ0) is 9.42. The number of rotatable bonds is 1. The molecule has 7 heteroatoms. The van der Waals surface area contributed by atoms with Gasteiger partial charge in [0.2, 0.25) is 0 Å². The number of H-pyrrole nitrogens is 2. The van der Waals surface area contributed by atoms with Gasteiger partial charge >= 0.3 is 5.69 Å². The molecule has 0 radical (unpaired) electrons. The first kappa shape index (κ1) is 7.87. The summed E-state index contributed by atoms with van der Waals surface area (Å²) in [5, 5.41) is 10.5. The van der Waals surface area contributed by atoms with Gasteiger partial charge in [0.25, 0.3) is 0 Å². The fourth-order valence-corrected chi connectivity index (χ4v) is 1.29. The van der Waals surface area contributed by atoms with E-state index < -0.39 is 4.92 Å². The molecule has 0 bridgehead atoms. The molecule has 0 spiro atoms. The molecule has 0 aliphatic carbocycles.